The number of nitrogens with zero attached hydrogens (tertiary/aromatic N) is 1. The lowest BCUT2D eigenvalue weighted by molar-refractivity contribution is 0.356. The zero-order valence-electron chi connectivity index (χ0n) is 14.3. The van der Waals surface area contributed by atoms with E-state index >= 15 is 0 Å². The Bertz CT molecular complexity index is 809. The van der Waals surface area contributed by atoms with Crippen LogP contribution in [-0.4, -0.2) is 39.7 Å². The Morgan fingerprint density at radius 2 is 1.68 bits per heavy atom. The van der Waals surface area contributed by atoms with Crippen LogP contribution in [0.4, 0.5) is 5.69 Å². The van der Waals surface area contributed by atoms with E-state index in [1.54, 1.807) is 20.4 Å². The maximum atomic E-state index is 10.8. The molecule has 0 radical (unpaired) electrons. The Hall–Kier alpha value is -2.06. The molecule has 0 unspecified atom stereocenters. The first-order valence-electron chi connectivity index (χ1n) is 8.28. The minimum Gasteiger partial charge on any atom is -0.493 e. The maximum Gasteiger partial charge on any atom is 0.201 e. The fraction of sp³-hybridized carbons (Fsp3) is 0.471. The van der Waals surface area contributed by atoms with Crippen molar-refractivity contribution in [2.24, 2.45) is 0 Å². The van der Waals surface area contributed by atoms with Gasteiger partial charge in [0.15, 0.2) is 11.5 Å². The van der Waals surface area contributed by atoms with E-state index in [9.17, 15) is 8.42 Å². The normalized spacial score (nSPS) is 20.6. The van der Waals surface area contributed by atoms with E-state index in [1.165, 1.54) is 0 Å². The van der Waals surface area contributed by atoms with E-state index in [0.717, 1.165) is 42.3 Å². The lowest BCUT2D eigenvalue weighted by atomic mass is 9.91. The average molecular weight is 365 g/mol. The molecule has 1 aliphatic carbocycles. The molecule has 7 nitrogen and oxygen atoms in total. The molecule has 0 spiro atoms. The molecular weight excluding hydrogens is 342 g/mol. The smallest absolute Gasteiger partial charge is 0.201 e. The number of aromatic nitrogens is 1. The summed E-state index contributed by atoms with van der Waals surface area (Å²) in [4.78, 5) is 4.41. The van der Waals surface area contributed by atoms with E-state index in [2.05, 4.69) is 15.0 Å². The van der Waals surface area contributed by atoms with E-state index in [4.69, 9.17) is 9.47 Å². The predicted molar refractivity (Wildman–Crippen MR) is 98.0 cm³/mol. The molecule has 1 aromatic carbocycles. The standard InChI is InChI=1S/C17H23N3O4S/c1-23-16-9-13-14(7-8-18-15(13)10-17(16)24-2)19-11-3-5-12(6-4-11)20-25(21)22/h7-12,25H,3-6H2,1-2H3,(H,18,19)(H,20,21,22). The van der Waals surface area contributed by atoms with Crippen molar-refractivity contribution in [3.05, 3.63) is 24.4 Å². The van der Waals surface area contributed by atoms with Crippen molar-refractivity contribution >= 4 is 27.5 Å². The minimum atomic E-state index is -2.52. The minimum absolute atomic E-state index is 0.0534. The molecule has 0 aliphatic heterocycles. The van der Waals surface area contributed by atoms with Crippen LogP contribution in [-0.2, 0) is 10.9 Å². The largest absolute Gasteiger partial charge is 0.493 e. The number of thiol groups is 1. The second-order valence-corrected chi connectivity index (χ2v) is 6.93. The highest BCUT2D eigenvalue weighted by atomic mass is 32.2. The van der Waals surface area contributed by atoms with Gasteiger partial charge in [-0.1, -0.05) is 0 Å². The molecule has 3 rings (SSSR count). The Labute approximate surface area is 148 Å². The first-order valence-corrected chi connectivity index (χ1v) is 9.46. The zero-order valence-corrected chi connectivity index (χ0v) is 15.2. The summed E-state index contributed by atoms with van der Waals surface area (Å²) in [5.41, 5.74) is 1.83. The molecule has 1 aromatic heterocycles. The number of hydrogen-bond donors (Lipinski definition) is 3. The van der Waals surface area contributed by atoms with E-state index in [1.807, 2.05) is 18.2 Å². The van der Waals surface area contributed by atoms with Crippen LogP contribution in [0.5, 0.6) is 11.5 Å². The zero-order chi connectivity index (χ0) is 17.8. The quantitative estimate of drug-likeness (QED) is 0.679. The number of anilines is 1. The molecule has 0 saturated heterocycles. The molecule has 2 aromatic rings. The van der Waals surface area contributed by atoms with Crippen LogP contribution in [0, 0.1) is 0 Å². The van der Waals surface area contributed by atoms with Gasteiger partial charge in [0.25, 0.3) is 0 Å². The Kier molecular flexibility index (Phi) is 5.60. The number of ether oxygens (including phenoxy) is 2. The second-order valence-electron chi connectivity index (χ2n) is 6.16. The molecule has 136 valence electrons. The Morgan fingerprint density at radius 3 is 2.32 bits per heavy atom. The molecule has 1 fully saturated rings. The van der Waals surface area contributed by atoms with Gasteiger partial charge in [0.05, 0.1) is 19.7 Å². The van der Waals surface area contributed by atoms with Gasteiger partial charge in [-0.2, -0.15) is 0 Å². The molecule has 1 saturated carbocycles. The summed E-state index contributed by atoms with van der Waals surface area (Å²) in [6, 6.07) is 6.11. The van der Waals surface area contributed by atoms with Crippen LogP contribution in [0.2, 0.25) is 0 Å². The SMILES string of the molecule is COc1cc2nccc(NC3CCC(N[SH](=O)=O)CC3)c2cc1OC. The van der Waals surface area contributed by atoms with Gasteiger partial charge in [0.1, 0.15) is 0 Å². The van der Waals surface area contributed by atoms with E-state index < -0.39 is 10.9 Å². The molecule has 25 heavy (non-hydrogen) atoms. The van der Waals surface area contributed by atoms with Crippen LogP contribution in [0.3, 0.4) is 0 Å². The van der Waals surface area contributed by atoms with Gasteiger partial charge in [0.2, 0.25) is 10.9 Å². The van der Waals surface area contributed by atoms with E-state index in [0.29, 0.717) is 17.5 Å². The van der Waals surface area contributed by atoms with Crippen molar-refractivity contribution in [1.82, 2.24) is 9.71 Å². The number of rotatable bonds is 6. The predicted octanol–water partition coefficient (Wildman–Crippen LogP) is 2.09. The Balaban J connectivity index is 1.78. The highest BCUT2D eigenvalue weighted by Crippen LogP contribution is 2.35. The summed E-state index contributed by atoms with van der Waals surface area (Å²) < 4.78 is 34.9. The summed E-state index contributed by atoms with van der Waals surface area (Å²) in [6.45, 7) is 0. The molecule has 8 heteroatoms. The van der Waals surface area contributed by atoms with Crippen molar-refractivity contribution in [2.75, 3.05) is 19.5 Å². The maximum absolute atomic E-state index is 10.8. The molecule has 0 atom stereocenters. The first-order chi connectivity index (χ1) is 12.1. The average Bonchev–Trinajstić information content (AvgIpc) is 2.62. The Morgan fingerprint density at radius 1 is 1.04 bits per heavy atom. The summed E-state index contributed by atoms with van der Waals surface area (Å²) in [5, 5.41) is 4.55. The second kappa shape index (κ2) is 7.88. The van der Waals surface area contributed by atoms with Gasteiger partial charge >= 0.3 is 0 Å². The molecular formula is C17H23N3O4S. The number of hydrogen-bond acceptors (Lipinski definition) is 6. The number of pyridine rings is 1. The summed E-state index contributed by atoms with van der Waals surface area (Å²) in [5.74, 6) is 1.32. The van der Waals surface area contributed by atoms with Crippen molar-refractivity contribution in [1.29, 1.82) is 0 Å². The van der Waals surface area contributed by atoms with Gasteiger partial charge in [-0.25, -0.2) is 13.1 Å². The van der Waals surface area contributed by atoms with Crippen molar-refractivity contribution in [3.63, 3.8) is 0 Å². The topological polar surface area (TPSA) is 89.5 Å². The van der Waals surface area contributed by atoms with Crippen LogP contribution in [0.1, 0.15) is 25.7 Å². The number of nitrogens with one attached hydrogen (secondary N) is 2. The van der Waals surface area contributed by atoms with Gasteiger partial charge in [0, 0.05) is 35.4 Å². The van der Waals surface area contributed by atoms with Gasteiger partial charge in [-0.3, -0.25) is 4.98 Å². The lowest BCUT2D eigenvalue weighted by Crippen LogP contribution is -2.36. The van der Waals surface area contributed by atoms with Crippen molar-refractivity contribution in [2.45, 2.75) is 37.8 Å². The highest BCUT2D eigenvalue weighted by molar-refractivity contribution is 7.70. The molecule has 0 amide bonds. The third-order valence-corrected chi connectivity index (χ3v) is 5.20. The molecule has 0 bridgehead atoms. The summed E-state index contributed by atoms with van der Waals surface area (Å²) in [6.07, 6.45) is 5.27. The van der Waals surface area contributed by atoms with Crippen LogP contribution in [0.25, 0.3) is 10.9 Å². The molecule has 1 aliphatic rings. The van der Waals surface area contributed by atoms with E-state index in [-0.39, 0.29) is 6.04 Å². The van der Waals surface area contributed by atoms with Gasteiger partial charge in [-0.15, -0.1) is 0 Å². The molecule has 2 N–H and O–H groups in total. The van der Waals surface area contributed by atoms with Gasteiger partial charge in [-0.05, 0) is 37.8 Å². The third kappa shape index (κ3) is 4.13. The van der Waals surface area contributed by atoms with Crippen LogP contribution < -0.4 is 19.5 Å². The molecule has 1 heterocycles. The van der Waals surface area contributed by atoms with Crippen molar-refractivity contribution < 1.29 is 17.9 Å². The van der Waals surface area contributed by atoms with Gasteiger partial charge < -0.3 is 14.8 Å². The fourth-order valence-electron chi connectivity index (χ4n) is 3.33. The number of methoxy groups -OCH3 is 2. The summed E-state index contributed by atoms with van der Waals surface area (Å²) >= 11 is 0. The summed E-state index contributed by atoms with van der Waals surface area (Å²) in [7, 11) is 0.694. The first kappa shape index (κ1) is 17.8. The van der Waals surface area contributed by atoms with Crippen LogP contribution >= 0.6 is 0 Å². The third-order valence-electron chi connectivity index (χ3n) is 4.62. The number of fused-ring (bicyclic) bond motifs is 1. The lowest BCUT2D eigenvalue weighted by Gasteiger charge is -2.29. The monoisotopic (exact) mass is 365 g/mol. The number of benzene rings is 1. The fourth-order valence-corrected chi connectivity index (χ4v) is 3.89. The van der Waals surface area contributed by atoms with Crippen LogP contribution in [0.15, 0.2) is 24.4 Å². The van der Waals surface area contributed by atoms with Crippen molar-refractivity contribution in [3.8, 4) is 11.5 Å². The highest BCUT2D eigenvalue weighted by Gasteiger charge is 2.22.